The van der Waals surface area contributed by atoms with Crippen molar-refractivity contribution in [3.05, 3.63) is 78.9 Å². The smallest absolute Gasteiger partial charge is 0.294 e. The number of aromatic nitrogens is 1. The lowest BCUT2D eigenvalue weighted by Gasteiger charge is -2.07. The third kappa shape index (κ3) is 3.36. The third-order valence-corrected chi connectivity index (χ3v) is 5.14. The molecule has 9 heteroatoms. The maximum Gasteiger partial charge on any atom is 0.294 e. The Bertz CT molecular complexity index is 1110. The molecule has 0 aliphatic heterocycles. The Balaban J connectivity index is 1.87. The van der Waals surface area contributed by atoms with Crippen molar-refractivity contribution >= 4 is 28.4 Å². The lowest BCUT2D eigenvalue weighted by atomic mass is 10.1. The molecular formula is C18H14N4O4S. The maximum absolute atomic E-state index is 11.2. The first kappa shape index (κ1) is 17.1. The van der Waals surface area contributed by atoms with Crippen LogP contribution in [0.15, 0.2) is 58.9 Å². The molecule has 2 aromatic carbocycles. The highest BCUT2D eigenvalue weighted by molar-refractivity contribution is 7.07. The minimum Gasteiger partial charge on any atom is -0.313 e. The monoisotopic (exact) mass is 382 g/mol. The van der Waals surface area contributed by atoms with Crippen LogP contribution in [0.5, 0.6) is 0 Å². The van der Waals surface area contributed by atoms with Gasteiger partial charge in [-0.15, -0.1) is 11.3 Å². The predicted octanol–water partition coefficient (Wildman–Crippen LogP) is 4.60. The molecule has 1 heterocycles. The zero-order chi connectivity index (χ0) is 19.0. The summed E-state index contributed by atoms with van der Waals surface area (Å²) in [5.41, 5.74) is 1.84. The average molecular weight is 382 g/mol. The van der Waals surface area contributed by atoms with Crippen LogP contribution < -0.4 is 4.80 Å². The van der Waals surface area contributed by atoms with E-state index in [2.05, 4.69) is 4.99 Å². The van der Waals surface area contributed by atoms with Gasteiger partial charge in [0.1, 0.15) is 5.69 Å². The number of non-ortho nitro benzene ring substituents is 1. The molecule has 0 radical (unpaired) electrons. The molecule has 0 unspecified atom stereocenters. The molecule has 1 saturated carbocycles. The fourth-order valence-corrected chi connectivity index (χ4v) is 3.87. The molecule has 1 aliphatic rings. The van der Waals surface area contributed by atoms with Gasteiger partial charge in [0.25, 0.3) is 11.4 Å². The highest BCUT2D eigenvalue weighted by atomic mass is 32.1. The van der Waals surface area contributed by atoms with E-state index in [-0.39, 0.29) is 17.4 Å². The number of thiazole rings is 1. The second kappa shape index (κ2) is 6.76. The first-order valence-corrected chi connectivity index (χ1v) is 9.15. The lowest BCUT2D eigenvalue weighted by molar-refractivity contribution is -0.384. The fourth-order valence-electron chi connectivity index (χ4n) is 2.89. The Labute approximate surface area is 157 Å². The van der Waals surface area contributed by atoms with E-state index < -0.39 is 9.85 Å². The van der Waals surface area contributed by atoms with Crippen LogP contribution in [-0.4, -0.2) is 14.4 Å². The summed E-state index contributed by atoms with van der Waals surface area (Å²) in [6.45, 7) is 0. The van der Waals surface area contributed by atoms with Crippen molar-refractivity contribution in [3.63, 3.8) is 0 Å². The van der Waals surface area contributed by atoms with Gasteiger partial charge in [-0.3, -0.25) is 20.2 Å². The molecule has 0 N–H and O–H groups in total. The molecule has 1 aliphatic carbocycles. The molecule has 0 spiro atoms. The van der Waals surface area contributed by atoms with Crippen LogP contribution in [0.2, 0.25) is 0 Å². The zero-order valence-electron chi connectivity index (χ0n) is 14.0. The fraction of sp³-hybridized carbons (Fsp3) is 0.167. The van der Waals surface area contributed by atoms with Crippen molar-refractivity contribution in [2.24, 2.45) is 4.99 Å². The van der Waals surface area contributed by atoms with Crippen LogP contribution in [0.1, 0.15) is 18.9 Å². The number of hydrogen-bond donors (Lipinski definition) is 0. The van der Waals surface area contributed by atoms with Crippen LogP contribution in [-0.2, 0) is 0 Å². The second-order valence-corrected chi connectivity index (χ2v) is 7.01. The third-order valence-electron chi connectivity index (χ3n) is 4.30. The summed E-state index contributed by atoms with van der Waals surface area (Å²) in [6.07, 6.45) is 1.98. The van der Waals surface area contributed by atoms with Crippen molar-refractivity contribution in [1.29, 1.82) is 0 Å². The predicted molar refractivity (Wildman–Crippen MR) is 101 cm³/mol. The molecular weight excluding hydrogens is 368 g/mol. The minimum atomic E-state index is -0.449. The summed E-state index contributed by atoms with van der Waals surface area (Å²) >= 11 is 1.37. The van der Waals surface area contributed by atoms with Crippen LogP contribution in [0.4, 0.5) is 17.1 Å². The lowest BCUT2D eigenvalue weighted by Crippen LogP contribution is -2.14. The van der Waals surface area contributed by atoms with Gasteiger partial charge in [0.05, 0.1) is 15.5 Å². The Hall–Kier alpha value is -3.33. The van der Waals surface area contributed by atoms with Gasteiger partial charge in [0, 0.05) is 35.2 Å². The van der Waals surface area contributed by atoms with Crippen molar-refractivity contribution in [3.8, 4) is 11.3 Å². The van der Waals surface area contributed by atoms with Gasteiger partial charge >= 0.3 is 0 Å². The molecule has 27 heavy (non-hydrogen) atoms. The molecule has 0 atom stereocenters. The van der Waals surface area contributed by atoms with Crippen molar-refractivity contribution in [2.45, 2.75) is 18.9 Å². The van der Waals surface area contributed by atoms with Gasteiger partial charge in [-0.05, 0) is 18.9 Å². The van der Waals surface area contributed by atoms with Gasteiger partial charge in [0.15, 0.2) is 4.80 Å². The molecule has 136 valence electrons. The molecule has 0 amide bonds. The van der Waals surface area contributed by atoms with Crippen LogP contribution in [0.25, 0.3) is 11.3 Å². The molecule has 1 fully saturated rings. The SMILES string of the molecule is O=[N+]([O-])c1cccc(-c2csc(=Nc3ccccc3[N+](=O)[O-])n2C2CC2)c1. The summed E-state index contributed by atoms with van der Waals surface area (Å²) < 4.78 is 2.03. The van der Waals surface area contributed by atoms with Gasteiger partial charge in [-0.1, -0.05) is 24.3 Å². The summed E-state index contributed by atoms with van der Waals surface area (Å²) in [4.78, 5) is 26.6. The standard InChI is InChI=1S/C18H14N4O4S/c23-21(24)14-5-3-4-12(10-14)17-11-27-18(20(17)13-8-9-13)19-15-6-1-2-7-16(15)22(25)26/h1-7,10-11,13H,8-9H2. The Morgan fingerprint density at radius 1 is 1.04 bits per heavy atom. The first-order valence-electron chi connectivity index (χ1n) is 8.27. The minimum absolute atomic E-state index is 0.0261. The number of rotatable bonds is 5. The largest absolute Gasteiger partial charge is 0.313 e. The van der Waals surface area contributed by atoms with Gasteiger partial charge in [0.2, 0.25) is 0 Å². The summed E-state index contributed by atoms with van der Waals surface area (Å²) in [6, 6.07) is 13.1. The van der Waals surface area contributed by atoms with Crippen molar-refractivity contribution in [2.75, 3.05) is 0 Å². The number of nitro groups is 2. The van der Waals surface area contributed by atoms with Gasteiger partial charge in [-0.25, -0.2) is 4.99 Å². The Kier molecular flexibility index (Phi) is 4.28. The topological polar surface area (TPSA) is 104 Å². The van der Waals surface area contributed by atoms with Crippen LogP contribution >= 0.6 is 11.3 Å². The Morgan fingerprint density at radius 2 is 1.81 bits per heavy atom. The molecule has 4 rings (SSSR count). The number of nitro benzene ring substituents is 2. The normalized spacial score (nSPS) is 14.3. The zero-order valence-corrected chi connectivity index (χ0v) is 14.8. The van der Waals surface area contributed by atoms with E-state index in [0.717, 1.165) is 24.1 Å². The van der Waals surface area contributed by atoms with Crippen molar-refractivity contribution < 1.29 is 9.85 Å². The van der Waals surface area contributed by atoms with Crippen molar-refractivity contribution in [1.82, 2.24) is 4.57 Å². The van der Waals surface area contributed by atoms with E-state index in [9.17, 15) is 20.2 Å². The summed E-state index contributed by atoms with van der Waals surface area (Å²) in [5, 5.41) is 24.2. The summed E-state index contributed by atoms with van der Waals surface area (Å²) in [5.74, 6) is 0. The van der Waals surface area contributed by atoms with E-state index in [0.29, 0.717) is 10.5 Å². The maximum atomic E-state index is 11.2. The number of para-hydroxylation sites is 2. The van der Waals surface area contributed by atoms with E-state index >= 15 is 0 Å². The summed E-state index contributed by atoms with van der Waals surface area (Å²) in [7, 11) is 0. The van der Waals surface area contributed by atoms with E-state index in [4.69, 9.17) is 0 Å². The highest BCUT2D eigenvalue weighted by Gasteiger charge is 2.28. The van der Waals surface area contributed by atoms with Crippen LogP contribution in [0, 0.1) is 20.2 Å². The van der Waals surface area contributed by atoms with Crippen LogP contribution in [0.3, 0.4) is 0 Å². The molecule has 0 saturated heterocycles. The number of hydrogen-bond acceptors (Lipinski definition) is 6. The van der Waals surface area contributed by atoms with Gasteiger partial charge < -0.3 is 4.57 Å². The van der Waals surface area contributed by atoms with E-state index in [1.807, 2.05) is 16.0 Å². The highest BCUT2D eigenvalue weighted by Crippen LogP contribution is 2.39. The molecule has 0 bridgehead atoms. The first-order chi connectivity index (χ1) is 13.0. The number of nitrogens with zero attached hydrogens (tertiary/aromatic N) is 4. The Morgan fingerprint density at radius 3 is 2.52 bits per heavy atom. The quantitative estimate of drug-likeness (QED) is 0.475. The molecule has 1 aromatic heterocycles. The second-order valence-electron chi connectivity index (χ2n) is 6.17. The number of benzene rings is 2. The molecule has 8 nitrogen and oxygen atoms in total. The van der Waals surface area contributed by atoms with Gasteiger partial charge in [-0.2, -0.15) is 0 Å². The molecule has 3 aromatic rings. The van der Waals surface area contributed by atoms with E-state index in [1.54, 1.807) is 24.3 Å². The van der Waals surface area contributed by atoms with E-state index in [1.165, 1.54) is 29.5 Å². The average Bonchev–Trinajstić information content (AvgIpc) is 3.42.